The molecule has 1 fully saturated rings. The van der Waals surface area contributed by atoms with Gasteiger partial charge < -0.3 is 14.8 Å². The fraction of sp³-hybridized carbons (Fsp3) is 0.625. The highest BCUT2D eigenvalue weighted by molar-refractivity contribution is 5.35. The monoisotopic (exact) mass is 263 g/mol. The molecule has 0 bridgehead atoms. The first-order chi connectivity index (χ1) is 9.35. The molecular formula is C16H25NO2. The number of methoxy groups -OCH3 is 1. The molecule has 1 aliphatic rings. The highest BCUT2D eigenvalue weighted by atomic mass is 16.5. The fourth-order valence-electron chi connectivity index (χ4n) is 2.70. The number of benzene rings is 1. The van der Waals surface area contributed by atoms with Crippen molar-refractivity contribution in [2.75, 3.05) is 20.2 Å². The summed E-state index contributed by atoms with van der Waals surface area (Å²) in [7, 11) is 1.72. The van der Waals surface area contributed by atoms with E-state index < -0.39 is 0 Å². The minimum Gasteiger partial charge on any atom is -0.496 e. The minimum atomic E-state index is 0.0826. The Morgan fingerprint density at radius 2 is 2.00 bits per heavy atom. The second-order valence-corrected chi connectivity index (χ2v) is 5.08. The molecule has 1 aliphatic carbocycles. The molecule has 1 saturated carbocycles. The van der Waals surface area contributed by atoms with Crippen LogP contribution in [0.1, 0.15) is 44.3 Å². The Labute approximate surface area is 116 Å². The molecular weight excluding hydrogens is 238 g/mol. The van der Waals surface area contributed by atoms with E-state index in [4.69, 9.17) is 9.47 Å². The van der Waals surface area contributed by atoms with Crippen LogP contribution in [0, 0.1) is 0 Å². The maximum absolute atomic E-state index is 6.30. The van der Waals surface area contributed by atoms with Crippen LogP contribution in [0.4, 0.5) is 0 Å². The Kier molecular flexibility index (Phi) is 5.67. The van der Waals surface area contributed by atoms with Gasteiger partial charge in [0.1, 0.15) is 5.75 Å². The normalized spacial score (nSPS) is 17.6. The highest BCUT2D eigenvalue weighted by Crippen LogP contribution is 2.31. The van der Waals surface area contributed by atoms with Gasteiger partial charge in [-0.1, -0.05) is 38.0 Å². The third-order valence-corrected chi connectivity index (χ3v) is 3.72. The lowest BCUT2D eigenvalue weighted by molar-refractivity contribution is -0.00954. The van der Waals surface area contributed by atoms with E-state index in [1.54, 1.807) is 7.11 Å². The van der Waals surface area contributed by atoms with Crippen molar-refractivity contribution in [3.63, 3.8) is 0 Å². The summed E-state index contributed by atoms with van der Waals surface area (Å²) >= 11 is 0. The van der Waals surface area contributed by atoms with Gasteiger partial charge in [-0.3, -0.25) is 0 Å². The van der Waals surface area contributed by atoms with Crippen molar-refractivity contribution >= 4 is 0 Å². The number of likely N-dealkylation sites (N-methyl/N-ethyl adjacent to an activating group) is 1. The topological polar surface area (TPSA) is 30.5 Å². The van der Waals surface area contributed by atoms with Gasteiger partial charge in [0, 0.05) is 12.1 Å². The zero-order valence-corrected chi connectivity index (χ0v) is 12.0. The summed E-state index contributed by atoms with van der Waals surface area (Å²) in [5.41, 5.74) is 1.15. The van der Waals surface area contributed by atoms with E-state index in [1.807, 2.05) is 12.1 Å². The standard InChI is InChI=1S/C16H25NO2/c1-3-17-12-16(19-13-8-4-5-9-13)14-10-6-7-11-15(14)18-2/h6-7,10-11,13,16-17H,3-5,8-9,12H2,1-2H3. The average molecular weight is 263 g/mol. The van der Waals surface area contributed by atoms with Crippen molar-refractivity contribution in [2.24, 2.45) is 0 Å². The molecule has 1 aromatic carbocycles. The van der Waals surface area contributed by atoms with Gasteiger partial charge in [-0.05, 0) is 25.5 Å². The summed E-state index contributed by atoms with van der Waals surface area (Å²) in [6, 6.07) is 8.17. The summed E-state index contributed by atoms with van der Waals surface area (Å²) in [6.07, 6.45) is 5.47. The lowest BCUT2D eigenvalue weighted by Crippen LogP contribution is -2.26. The predicted octanol–water partition coefficient (Wildman–Crippen LogP) is 3.31. The smallest absolute Gasteiger partial charge is 0.124 e. The Balaban J connectivity index is 2.10. The maximum atomic E-state index is 6.30. The van der Waals surface area contributed by atoms with Crippen molar-refractivity contribution in [1.29, 1.82) is 0 Å². The Hall–Kier alpha value is -1.06. The fourth-order valence-corrected chi connectivity index (χ4v) is 2.70. The van der Waals surface area contributed by atoms with Gasteiger partial charge in [0.2, 0.25) is 0 Å². The molecule has 0 radical (unpaired) electrons. The molecule has 1 aromatic rings. The average Bonchev–Trinajstić information content (AvgIpc) is 2.96. The van der Waals surface area contributed by atoms with Gasteiger partial charge in [0.15, 0.2) is 0 Å². The van der Waals surface area contributed by atoms with Gasteiger partial charge >= 0.3 is 0 Å². The number of nitrogens with one attached hydrogen (secondary N) is 1. The maximum Gasteiger partial charge on any atom is 0.124 e. The van der Waals surface area contributed by atoms with Crippen LogP contribution in [0.15, 0.2) is 24.3 Å². The quantitative estimate of drug-likeness (QED) is 0.818. The van der Waals surface area contributed by atoms with Crippen LogP contribution in [0.2, 0.25) is 0 Å². The second-order valence-electron chi connectivity index (χ2n) is 5.08. The molecule has 2 rings (SSSR count). The molecule has 0 aliphatic heterocycles. The number of rotatable bonds is 7. The summed E-state index contributed by atoms with van der Waals surface area (Å²) in [5.74, 6) is 0.920. The van der Waals surface area contributed by atoms with Crippen molar-refractivity contribution in [3.8, 4) is 5.75 Å². The lowest BCUT2D eigenvalue weighted by Gasteiger charge is -2.24. The number of ether oxygens (including phenoxy) is 2. The molecule has 1 unspecified atom stereocenters. The zero-order valence-electron chi connectivity index (χ0n) is 12.0. The van der Waals surface area contributed by atoms with Gasteiger partial charge in [0.25, 0.3) is 0 Å². The Morgan fingerprint density at radius 3 is 2.68 bits per heavy atom. The minimum absolute atomic E-state index is 0.0826. The SMILES string of the molecule is CCNCC(OC1CCCC1)c1ccccc1OC. The molecule has 19 heavy (non-hydrogen) atoms. The molecule has 0 aromatic heterocycles. The van der Waals surface area contributed by atoms with E-state index in [9.17, 15) is 0 Å². The molecule has 0 heterocycles. The second kappa shape index (κ2) is 7.51. The van der Waals surface area contributed by atoms with Crippen molar-refractivity contribution < 1.29 is 9.47 Å². The first-order valence-corrected chi connectivity index (χ1v) is 7.34. The van der Waals surface area contributed by atoms with Crippen LogP contribution >= 0.6 is 0 Å². The van der Waals surface area contributed by atoms with Crippen LogP contribution in [-0.2, 0) is 4.74 Å². The zero-order chi connectivity index (χ0) is 13.5. The van der Waals surface area contributed by atoms with E-state index >= 15 is 0 Å². The third-order valence-electron chi connectivity index (χ3n) is 3.72. The van der Waals surface area contributed by atoms with Gasteiger partial charge in [0.05, 0.1) is 19.3 Å². The summed E-state index contributed by atoms with van der Waals surface area (Å²) < 4.78 is 11.8. The van der Waals surface area contributed by atoms with E-state index in [2.05, 4.69) is 24.4 Å². The Morgan fingerprint density at radius 1 is 1.26 bits per heavy atom. The van der Waals surface area contributed by atoms with Gasteiger partial charge in [-0.25, -0.2) is 0 Å². The summed E-state index contributed by atoms with van der Waals surface area (Å²) in [6.45, 7) is 3.92. The van der Waals surface area contributed by atoms with E-state index in [0.717, 1.165) is 24.4 Å². The van der Waals surface area contributed by atoms with Crippen LogP contribution < -0.4 is 10.1 Å². The summed E-state index contributed by atoms with van der Waals surface area (Å²) in [4.78, 5) is 0. The van der Waals surface area contributed by atoms with Gasteiger partial charge in [-0.2, -0.15) is 0 Å². The third kappa shape index (κ3) is 3.95. The molecule has 1 N–H and O–H groups in total. The van der Waals surface area contributed by atoms with Crippen LogP contribution in [0.5, 0.6) is 5.75 Å². The molecule has 0 amide bonds. The van der Waals surface area contributed by atoms with Gasteiger partial charge in [-0.15, -0.1) is 0 Å². The number of para-hydroxylation sites is 1. The van der Waals surface area contributed by atoms with E-state index in [-0.39, 0.29) is 6.10 Å². The van der Waals surface area contributed by atoms with Crippen LogP contribution in [-0.4, -0.2) is 26.3 Å². The first-order valence-electron chi connectivity index (χ1n) is 7.34. The largest absolute Gasteiger partial charge is 0.496 e. The predicted molar refractivity (Wildman–Crippen MR) is 77.6 cm³/mol. The van der Waals surface area contributed by atoms with Crippen LogP contribution in [0.25, 0.3) is 0 Å². The number of hydrogen-bond acceptors (Lipinski definition) is 3. The number of hydrogen-bond donors (Lipinski definition) is 1. The van der Waals surface area contributed by atoms with E-state index in [0.29, 0.717) is 6.10 Å². The highest BCUT2D eigenvalue weighted by Gasteiger charge is 2.23. The van der Waals surface area contributed by atoms with Crippen LogP contribution in [0.3, 0.4) is 0 Å². The Bertz CT molecular complexity index is 375. The first kappa shape index (κ1) is 14.4. The lowest BCUT2D eigenvalue weighted by atomic mass is 10.1. The molecule has 0 spiro atoms. The summed E-state index contributed by atoms with van der Waals surface area (Å²) in [5, 5.41) is 3.39. The van der Waals surface area contributed by atoms with Crippen molar-refractivity contribution in [1.82, 2.24) is 5.32 Å². The molecule has 0 saturated heterocycles. The molecule has 3 heteroatoms. The molecule has 3 nitrogen and oxygen atoms in total. The van der Waals surface area contributed by atoms with E-state index in [1.165, 1.54) is 25.7 Å². The van der Waals surface area contributed by atoms with Crippen molar-refractivity contribution in [2.45, 2.75) is 44.8 Å². The van der Waals surface area contributed by atoms with Crippen molar-refractivity contribution in [3.05, 3.63) is 29.8 Å². The molecule has 106 valence electrons. The molecule has 1 atom stereocenters.